The third-order valence-corrected chi connectivity index (χ3v) is 5.17. The van der Waals surface area contributed by atoms with E-state index in [4.69, 9.17) is 19.9 Å². The van der Waals surface area contributed by atoms with Gasteiger partial charge in [-0.3, -0.25) is 0 Å². The van der Waals surface area contributed by atoms with Crippen LogP contribution in [0.15, 0.2) is 42.6 Å². The molecule has 1 aromatic heterocycles. The van der Waals surface area contributed by atoms with Crippen LogP contribution >= 0.6 is 0 Å². The number of nitrogens with zero attached hydrogens (tertiary/aromatic N) is 2. The first-order valence-electron chi connectivity index (χ1n) is 10.2. The van der Waals surface area contributed by atoms with Crippen LogP contribution in [0.25, 0.3) is 0 Å². The highest BCUT2D eigenvalue weighted by Gasteiger charge is 2.16. The molecule has 0 saturated heterocycles. The van der Waals surface area contributed by atoms with Gasteiger partial charge in [-0.05, 0) is 35.2 Å². The number of hydrogen-bond donors (Lipinski definition) is 2. The lowest BCUT2D eigenvalue weighted by molar-refractivity contribution is 0.354. The molecule has 7 nitrogen and oxygen atoms in total. The van der Waals surface area contributed by atoms with Gasteiger partial charge in [-0.2, -0.15) is 4.98 Å². The summed E-state index contributed by atoms with van der Waals surface area (Å²) in [6.07, 6.45) is 2.40. The molecule has 3 aromatic rings. The van der Waals surface area contributed by atoms with Crippen molar-refractivity contribution >= 4 is 11.8 Å². The third-order valence-electron chi connectivity index (χ3n) is 5.17. The minimum Gasteiger partial charge on any atom is -0.496 e. The molecule has 0 aliphatic rings. The fraction of sp³-hybridized carbons (Fsp3) is 0.333. The Morgan fingerprint density at radius 3 is 2.26 bits per heavy atom. The molecule has 164 valence electrons. The van der Waals surface area contributed by atoms with Crippen molar-refractivity contribution in [1.29, 1.82) is 0 Å². The van der Waals surface area contributed by atoms with Crippen molar-refractivity contribution in [3.05, 3.63) is 64.8 Å². The van der Waals surface area contributed by atoms with Crippen molar-refractivity contribution in [1.82, 2.24) is 9.97 Å². The summed E-state index contributed by atoms with van der Waals surface area (Å²) in [5, 5.41) is 3.40. The molecule has 0 atom stereocenters. The topological polar surface area (TPSA) is 91.5 Å². The number of nitrogens with two attached hydrogens (primary N) is 1. The second-order valence-electron chi connectivity index (χ2n) is 7.50. The summed E-state index contributed by atoms with van der Waals surface area (Å²) in [4.78, 5) is 8.67. The van der Waals surface area contributed by atoms with Crippen molar-refractivity contribution in [2.45, 2.75) is 32.7 Å². The molecule has 2 aromatic carbocycles. The van der Waals surface area contributed by atoms with E-state index >= 15 is 0 Å². The number of ether oxygens (including phenoxy) is 3. The molecule has 0 aliphatic heterocycles. The monoisotopic (exact) mass is 422 g/mol. The fourth-order valence-electron chi connectivity index (χ4n) is 3.56. The van der Waals surface area contributed by atoms with E-state index in [-0.39, 0.29) is 5.95 Å². The minimum absolute atomic E-state index is 0.225. The summed E-state index contributed by atoms with van der Waals surface area (Å²) >= 11 is 0. The number of rotatable bonds is 9. The van der Waals surface area contributed by atoms with Crippen LogP contribution in [0.4, 0.5) is 11.8 Å². The minimum atomic E-state index is 0.225. The van der Waals surface area contributed by atoms with Gasteiger partial charge in [0.1, 0.15) is 11.6 Å². The number of para-hydroxylation sites is 1. The number of hydrogen-bond acceptors (Lipinski definition) is 7. The Hall–Kier alpha value is -3.48. The number of anilines is 2. The van der Waals surface area contributed by atoms with Gasteiger partial charge in [-0.25, -0.2) is 4.98 Å². The SMILES string of the molecule is COc1ccccc1CNc1nc(N)ncc1Cc1cc(OC)c(OC)cc1C(C)C. The van der Waals surface area contributed by atoms with Crippen molar-refractivity contribution in [3.63, 3.8) is 0 Å². The molecule has 1 heterocycles. The number of benzene rings is 2. The summed E-state index contributed by atoms with van der Waals surface area (Å²) in [5.41, 5.74) is 10.2. The molecule has 7 heteroatoms. The normalized spacial score (nSPS) is 10.8. The second kappa shape index (κ2) is 10.0. The van der Waals surface area contributed by atoms with Crippen LogP contribution in [0.5, 0.6) is 17.2 Å². The van der Waals surface area contributed by atoms with Crippen molar-refractivity contribution in [2.75, 3.05) is 32.4 Å². The highest BCUT2D eigenvalue weighted by atomic mass is 16.5. The Morgan fingerprint density at radius 1 is 0.903 bits per heavy atom. The highest BCUT2D eigenvalue weighted by molar-refractivity contribution is 5.54. The highest BCUT2D eigenvalue weighted by Crippen LogP contribution is 2.35. The van der Waals surface area contributed by atoms with E-state index in [1.54, 1.807) is 27.5 Å². The standard InChI is InChI=1S/C24H30N4O3/c1-15(2)19-12-22(31-5)21(30-4)11-17(19)10-18-14-27-24(25)28-23(18)26-13-16-8-6-7-9-20(16)29-3/h6-9,11-12,14-15H,10,13H2,1-5H3,(H3,25,26,27,28). The largest absolute Gasteiger partial charge is 0.496 e. The van der Waals surface area contributed by atoms with Gasteiger partial charge in [0.2, 0.25) is 5.95 Å². The van der Waals surface area contributed by atoms with E-state index in [0.29, 0.717) is 30.5 Å². The smallest absolute Gasteiger partial charge is 0.221 e. The average Bonchev–Trinajstić information content (AvgIpc) is 2.78. The molecule has 3 N–H and O–H groups in total. The molecular weight excluding hydrogens is 392 g/mol. The quantitative estimate of drug-likeness (QED) is 0.528. The van der Waals surface area contributed by atoms with Crippen LogP contribution in [0.1, 0.15) is 42.0 Å². The first-order chi connectivity index (χ1) is 15.0. The van der Waals surface area contributed by atoms with E-state index in [1.165, 1.54) is 5.56 Å². The van der Waals surface area contributed by atoms with E-state index in [2.05, 4.69) is 29.1 Å². The predicted molar refractivity (Wildman–Crippen MR) is 123 cm³/mol. The molecule has 31 heavy (non-hydrogen) atoms. The maximum Gasteiger partial charge on any atom is 0.221 e. The van der Waals surface area contributed by atoms with Gasteiger partial charge in [0.05, 0.1) is 21.3 Å². The molecular formula is C24H30N4O3. The van der Waals surface area contributed by atoms with Gasteiger partial charge in [0, 0.05) is 30.3 Å². The Labute approximate surface area is 183 Å². The van der Waals surface area contributed by atoms with Gasteiger partial charge in [0.15, 0.2) is 11.5 Å². The maximum absolute atomic E-state index is 5.88. The van der Waals surface area contributed by atoms with Crippen LogP contribution in [0, 0.1) is 0 Å². The van der Waals surface area contributed by atoms with Gasteiger partial charge in [0.25, 0.3) is 0 Å². The van der Waals surface area contributed by atoms with Gasteiger partial charge < -0.3 is 25.3 Å². The molecule has 0 saturated carbocycles. The van der Waals surface area contributed by atoms with Crippen molar-refractivity contribution < 1.29 is 14.2 Å². The second-order valence-corrected chi connectivity index (χ2v) is 7.50. The van der Waals surface area contributed by atoms with E-state index in [1.807, 2.05) is 36.4 Å². The zero-order valence-electron chi connectivity index (χ0n) is 18.7. The molecule has 0 unspecified atom stereocenters. The van der Waals surface area contributed by atoms with E-state index < -0.39 is 0 Å². The van der Waals surface area contributed by atoms with Gasteiger partial charge in [-0.15, -0.1) is 0 Å². The Morgan fingerprint density at radius 2 is 1.58 bits per heavy atom. The van der Waals surface area contributed by atoms with E-state index in [0.717, 1.165) is 28.2 Å². The molecule has 0 aliphatic carbocycles. The number of nitrogens with one attached hydrogen (secondary N) is 1. The van der Waals surface area contributed by atoms with Crippen LogP contribution in [0.2, 0.25) is 0 Å². The van der Waals surface area contributed by atoms with Crippen molar-refractivity contribution in [3.8, 4) is 17.2 Å². The van der Waals surface area contributed by atoms with Crippen LogP contribution in [-0.2, 0) is 13.0 Å². The van der Waals surface area contributed by atoms with Crippen LogP contribution in [-0.4, -0.2) is 31.3 Å². The Balaban J connectivity index is 1.94. The predicted octanol–water partition coefficient (Wildman–Crippen LogP) is 4.41. The zero-order chi connectivity index (χ0) is 22.4. The van der Waals surface area contributed by atoms with Gasteiger partial charge >= 0.3 is 0 Å². The van der Waals surface area contributed by atoms with Crippen LogP contribution in [0.3, 0.4) is 0 Å². The fourth-order valence-corrected chi connectivity index (χ4v) is 3.56. The molecule has 0 amide bonds. The molecule has 0 fully saturated rings. The maximum atomic E-state index is 5.88. The first-order valence-corrected chi connectivity index (χ1v) is 10.2. The summed E-state index contributed by atoms with van der Waals surface area (Å²) in [7, 11) is 4.95. The summed E-state index contributed by atoms with van der Waals surface area (Å²) in [6.45, 7) is 4.87. The van der Waals surface area contributed by atoms with E-state index in [9.17, 15) is 0 Å². The Bertz CT molecular complexity index is 1040. The summed E-state index contributed by atoms with van der Waals surface area (Å²) in [5.74, 6) is 3.47. The first kappa shape index (κ1) is 22.2. The lowest BCUT2D eigenvalue weighted by atomic mass is 9.92. The molecule has 3 rings (SSSR count). The average molecular weight is 423 g/mol. The lowest BCUT2D eigenvalue weighted by Crippen LogP contribution is -2.10. The number of aromatic nitrogens is 2. The molecule has 0 spiro atoms. The lowest BCUT2D eigenvalue weighted by Gasteiger charge is -2.19. The number of nitrogen functional groups attached to an aromatic ring is 1. The third kappa shape index (κ3) is 5.17. The Kier molecular flexibility index (Phi) is 7.18. The summed E-state index contributed by atoms with van der Waals surface area (Å²) in [6, 6.07) is 11.9. The zero-order valence-corrected chi connectivity index (χ0v) is 18.7. The molecule has 0 radical (unpaired) electrons. The summed E-state index contributed by atoms with van der Waals surface area (Å²) < 4.78 is 16.5. The van der Waals surface area contributed by atoms with Crippen LogP contribution < -0.4 is 25.3 Å². The molecule has 0 bridgehead atoms. The number of methoxy groups -OCH3 is 3. The van der Waals surface area contributed by atoms with Gasteiger partial charge in [-0.1, -0.05) is 32.0 Å². The van der Waals surface area contributed by atoms with Crippen molar-refractivity contribution in [2.24, 2.45) is 0 Å².